The van der Waals surface area contributed by atoms with Crippen molar-refractivity contribution in [1.82, 2.24) is 0 Å². The summed E-state index contributed by atoms with van der Waals surface area (Å²) in [7, 11) is 2.10. The predicted molar refractivity (Wildman–Crippen MR) is 133 cm³/mol. The molecule has 0 aliphatic carbocycles. The highest BCUT2D eigenvalue weighted by Gasteiger charge is 2.13. The van der Waals surface area contributed by atoms with Gasteiger partial charge in [0.1, 0.15) is 5.82 Å². The molecule has 0 saturated heterocycles. The van der Waals surface area contributed by atoms with Gasteiger partial charge in [0.05, 0.1) is 5.02 Å². The van der Waals surface area contributed by atoms with Crippen LogP contribution in [0.25, 0.3) is 17.2 Å². The van der Waals surface area contributed by atoms with E-state index in [-0.39, 0.29) is 5.02 Å². The Morgan fingerprint density at radius 3 is 2.40 bits per heavy atom. The molecule has 3 rings (SSSR count). The molecule has 0 bridgehead atoms. The molecule has 0 atom stereocenters. The van der Waals surface area contributed by atoms with Crippen molar-refractivity contribution >= 4 is 34.5 Å². The molecule has 0 unspecified atom stereocenters. The molecule has 3 heteroatoms. The first-order valence-electron chi connectivity index (χ1n) is 10.8. The van der Waals surface area contributed by atoms with Crippen LogP contribution in [0.3, 0.4) is 0 Å². The predicted octanol–water partition coefficient (Wildman–Crippen LogP) is 8.65. The summed E-state index contributed by atoms with van der Waals surface area (Å²) in [4.78, 5) is 2.23. The first-order chi connectivity index (χ1) is 14.4. The summed E-state index contributed by atoms with van der Waals surface area (Å²) in [6, 6.07) is 11.4. The van der Waals surface area contributed by atoms with E-state index in [1.807, 2.05) is 0 Å². The Morgan fingerprint density at radius 1 is 1.07 bits per heavy atom. The Bertz CT molecular complexity index is 938. The van der Waals surface area contributed by atoms with Crippen LogP contribution in [0.15, 0.2) is 54.6 Å². The van der Waals surface area contributed by atoms with Gasteiger partial charge in [0.25, 0.3) is 0 Å². The van der Waals surface area contributed by atoms with Crippen LogP contribution in [0.5, 0.6) is 0 Å². The lowest BCUT2D eigenvalue weighted by atomic mass is 9.93. The summed E-state index contributed by atoms with van der Waals surface area (Å²) >= 11 is 5.99. The molecule has 2 aromatic carbocycles. The normalized spacial score (nSPS) is 13.6. The number of fused-ring (bicyclic) bond motifs is 1. The molecular formula is C27H33ClFN. The monoisotopic (exact) mass is 425 g/mol. The molecule has 1 heterocycles. The fourth-order valence-corrected chi connectivity index (χ4v) is 3.38. The summed E-state index contributed by atoms with van der Waals surface area (Å²) in [5.74, 6) is -0.393. The molecule has 1 nitrogen and oxygen atoms in total. The Labute approximate surface area is 186 Å². The number of allylic oxidation sites excluding steroid dienone is 4. The fraction of sp³-hybridized carbons (Fsp3) is 0.333. The second kappa shape index (κ2) is 11.8. The fourth-order valence-electron chi connectivity index (χ4n) is 3.20. The van der Waals surface area contributed by atoms with Gasteiger partial charge < -0.3 is 4.90 Å². The minimum atomic E-state index is -0.393. The minimum Gasteiger partial charge on any atom is -0.370 e. The van der Waals surface area contributed by atoms with E-state index in [1.165, 1.54) is 30.2 Å². The summed E-state index contributed by atoms with van der Waals surface area (Å²) in [6.07, 6.45) is 12.2. The van der Waals surface area contributed by atoms with E-state index in [2.05, 4.69) is 82.1 Å². The Hall–Kier alpha value is -2.32. The molecule has 0 spiro atoms. The molecule has 30 heavy (non-hydrogen) atoms. The molecule has 2 aromatic rings. The minimum absolute atomic E-state index is 0.149. The van der Waals surface area contributed by atoms with Gasteiger partial charge >= 0.3 is 0 Å². The zero-order valence-corrected chi connectivity index (χ0v) is 19.6. The quantitative estimate of drug-likeness (QED) is 0.342. The number of likely N-dealkylation sites (N-methyl/N-ethyl adjacent to an activating group) is 1. The first-order valence-corrected chi connectivity index (χ1v) is 11.2. The lowest BCUT2D eigenvalue weighted by molar-refractivity contribution is 0.628. The van der Waals surface area contributed by atoms with E-state index < -0.39 is 5.82 Å². The number of anilines is 1. The number of unbranched alkanes of at least 4 members (excludes halogenated alkanes) is 1. The van der Waals surface area contributed by atoms with Crippen LogP contribution in [0, 0.1) is 5.82 Å². The third-order valence-electron chi connectivity index (χ3n) is 5.20. The number of rotatable bonds is 5. The largest absolute Gasteiger partial charge is 0.370 e. The molecular weight excluding hydrogens is 393 g/mol. The van der Waals surface area contributed by atoms with E-state index in [9.17, 15) is 4.39 Å². The molecule has 1 aliphatic heterocycles. The Morgan fingerprint density at radius 2 is 1.77 bits per heavy atom. The maximum atomic E-state index is 13.5. The number of halogens is 2. The molecule has 0 fully saturated rings. The Kier molecular flexibility index (Phi) is 9.39. The van der Waals surface area contributed by atoms with Gasteiger partial charge in [-0.1, -0.05) is 81.7 Å². The van der Waals surface area contributed by atoms with Gasteiger partial charge in [0.2, 0.25) is 0 Å². The van der Waals surface area contributed by atoms with E-state index >= 15 is 0 Å². The highest BCUT2D eigenvalue weighted by Crippen LogP contribution is 2.33. The zero-order valence-electron chi connectivity index (χ0n) is 18.8. The van der Waals surface area contributed by atoms with Crippen molar-refractivity contribution in [2.75, 3.05) is 18.5 Å². The topological polar surface area (TPSA) is 3.24 Å². The van der Waals surface area contributed by atoms with E-state index in [1.54, 1.807) is 12.1 Å². The average molecular weight is 426 g/mol. The summed E-state index contributed by atoms with van der Waals surface area (Å²) < 4.78 is 13.5. The van der Waals surface area contributed by atoms with Crippen LogP contribution in [0.1, 0.15) is 63.6 Å². The number of benzene rings is 2. The van der Waals surface area contributed by atoms with Crippen LogP contribution in [0.2, 0.25) is 5.02 Å². The number of hydrogen-bond donors (Lipinski definition) is 0. The number of nitrogens with zero attached hydrogens (tertiary/aromatic N) is 1. The number of hydrogen-bond acceptors (Lipinski definition) is 1. The SMILES string of the molecule is CC/C=C\C(=C(/C)c1ccc(F)c(Cl)c1)c1ccc2c(c1)C=CCN2C.CCCC. The van der Waals surface area contributed by atoms with Gasteiger partial charge in [-0.15, -0.1) is 0 Å². The van der Waals surface area contributed by atoms with E-state index in [0.717, 1.165) is 35.2 Å². The van der Waals surface area contributed by atoms with Crippen molar-refractivity contribution in [1.29, 1.82) is 0 Å². The second-order valence-corrected chi connectivity index (χ2v) is 7.94. The van der Waals surface area contributed by atoms with Crippen molar-refractivity contribution in [2.24, 2.45) is 0 Å². The van der Waals surface area contributed by atoms with Crippen LogP contribution in [-0.4, -0.2) is 13.6 Å². The summed E-state index contributed by atoms with van der Waals surface area (Å²) in [5, 5.41) is 0.149. The zero-order chi connectivity index (χ0) is 22.1. The van der Waals surface area contributed by atoms with E-state index in [4.69, 9.17) is 11.6 Å². The third-order valence-corrected chi connectivity index (χ3v) is 5.49. The lowest BCUT2D eigenvalue weighted by Crippen LogP contribution is -2.20. The van der Waals surface area contributed by atoms with Crippen LogP contribution in [0.4, 0.5) is 10.1 Å². The summed E-state index contributed by atoms with van der Waals surface area (Å²) in [5.41, 5.74) is 6.72. The molecule has 1 aliphatic rings. The molecule has 0 N–H and O–H groups in total. The van der Waals surface area contributed by atoms with Crippen molar-refractivity contribution in [3.05, 3.63) is 82.2 Å². The van der Waals surface area contributed by atoms with Crippen molar-refractivity contribution in [3.63, 3.8) is 0 Å². The Balaban J connectivity index is 0.000000735. The van der Waals surface area contributed by atoms with Gasteiger partial charge in [0.15, 0.2) is 0 Å². The van der Waals surface area contributed by atoms with Crippen molar-refractivity contribution in [2.45, 2.75) is 47.0 Å². The molecule has 0 amide bonds. The molecule has 160 valence electrons. The maximum absolute atomic E-state index is 13.5. The van der Waals surface area contributed by atoms with Gasteiger partial charge in [-0.3, -0.25) is 0 Å². The van der Waals surface area contributed by atoms with Crippen molar-refractivity contribution < 1.29 is 4.39 Å². The van der Waals surface area contributed by atoms with Gasteiger partial charge in [-0.05, 0) is 65.4 Å². The van der Waals surface area contributed by atoms with E-state index in [0.29, 0.717) is 0 Å². The molecule has 0 radical (unpaired) electrons. The standard InChI is InChI=1S/C23H23ClFN.C4H10/c1-4-5-8-20(16(2)17-9-11-22(25)21(24)15-17)18-10-12-23-19(14-18)7-6-13-26(23)3;1-3-4-2/h5-12,14-15H,4,13H2,1-3H3;3-4H2,1-2H3/b8-5-,20-16-;. The van der Waals surface area contributed by atoms with Gasteiger partial charge in [0, 0.05) is 19.3 Å². The highest BCUT2D eigenvalue weighted by molar-refractivity contribution is 6.31. The maximum Gasteiger partial charge on any atom is 0.141 e. The second-order valence-electron chi connectivity index (χ2n) is 7.53. The first kappa shape index (κ1) is 24.0. The van der Waals surface area contributed by atoms with Gasteiger partial charge in [-0.25, -0.2) is 4.39 Å². The average Bonchev–Trinajstić information content (AvgIpc) is 2.76. The van der Waals surface area contributed by atoms with Crippen LogP contribution >= 0.6 is 11.6 Å². The summed E-state index contributed by atoms with van der Waals surface area (Å²) in [6.45, 7) is 9.46. The third kappa shape index (κ3) is 6.09. The molecule has 0 saturated carbocycles. The van der Waals surface area contributed by atoms with Gasteiger partial charge in [-0.2, -0.15) is 0 Å². The van der Waals surface area contributed by atoms with Crippen LogP contribution < -0.4 is 4.90 Å². The molecule has 0 aromatic heterocycles. The smallest absolute Gasteiger partial charge is 0.141 e. The lowest BCUT2D eigenvalue weighted by Gasteiger charge is -2.24. The van der Waals surface area contributed by atoms with Crippen LogP contribution in [-0.2, 0) is 0 Å². The van der Waals surface area contributed by atoms with Crippen molar-refractivity contribution in [3.8, 4) is 0 Å². The highest BCUT2D eigenvalue weighted by atomic mass is 35.5.